The first-order chi connectivity index (χ1) is 8.45. The highest BCUT2D eigenvalue weighted by Crippen LogP contribution is 2.22. The van der Waals surface area contributed by atoms with E-state index in [0.29, 0.717) is 21.6 Å². The number of nitrogens with zero attached hydrogens (tertiary/aromatic N) is 1. The molecule has 18 heavy (non-hydrogen) atoms. The van der Waals surface area contributed by atoms with Gasteiger partial charge in [-0.15, -0.1) is 0 Å². The standard InChI is InChI=1S/C12H14BrClN2O2/c1-3-15-11(17)7-16(2)12(18)9-5-4-8(14)6-10(9)13/h4-6H,3,7H2,1-2H3,(H,15,17). The smallest absolute Gasteiger partial charge is 0.255 e. The summed E-state index contributed by atoms with van der Waals surface area (Å²) in [4.78, 5) is 24.8. The summed E-state index contributed by atoms with van der Waals surface area (Å²) in [7, 11) is 1.58. The molecule has 1 N–H and O–H groups in total. The summed E-state index contributed by atoms with van der Waals surface area (Å²) >= 11 is 9.09. The second-order valence-electron chi connectivity index (χ2n) is 3.74. The Hall–Kier alpha value is -1.07. The predicted octanol–water partition coefficient (Wildman–Crippen LogP) is 2.31. The third kappa shape index (κ3) is 3.99. The van der Waals surface area contributed by atoms with Crippen molar-refractivity contribution in [2.24, 2.45) is 0 Å². The van der Waals surface area contributed by atoms with E-state index in [0.717, 1.165) is 0 Å². The van der Waals surface area contributed by atoms with Crippen molar-refractivity contribution in [3.8, 4) is 0 Å². The van der Waals surface area contributed by atoms with Crippen molar-refractivity contribution >= 4 is 39.3 Å². The number of likely N-dealkylation sites (N-methyl/N-ethyl adjacent to an activating group) is 2. The van der Waals surface area contributed by atoms with E-state index in [2.05, 4.69) is 21.2 Å². The largest absolute Gasteiger partial charge is 0.355 e. The number of halogens is 2. The number of carbonyl (C=O) groups excluding carboxylic acids is 2. The minimum absolute atomic E-state index is 0.0295. The summed E-state index contributed by atoms with van der Waals surface area (Å²) in [6.45, 7) is 2.41. The van der Waals surface area contributed by atoms with Crippen LogP contribution in [-0.4, -0.2) is 36.9 Å². The van der Waals surface area contributed by atoms with Crippen LogP contribution in [0.2, 0.25) is 5.02 Å². The van der Waals surface area contributed by atoms with Crippen molar-refractivity contribution < 1.29 is 9.59 Å². The summed E-state index contributed by atoms with van der Waals surface area (Å²) < 4.78 is 0.614. The van der Waals surface area contributed by atoms with Gasteiger partial charge in [0, 0.05) is 23.1 Å². The molecule has 2 amide bonds. The zero-order valence-corrected chi connectivity index (χ0v) is 12.5. The number of amides is 2. The molecule has 0 radical (unpaired) electrons. The van der Waals surface area contributed by atoms with Gasteiger partial charge in [0.15, 0.2) is 0 Å². The topological polar surface area (TPSA) is 49.4 Å². The van der Waals surface area contributed by atoms with Gasteiger partial charge in [-0.2, -0.15) is 0 Å². The average molecular weight is 334 g/mol. The molecule has 0 bridgehead atoms. The minimum atomic E-state index is -0.232. The summed E-state index contributed by atoms with van der Waals surface area (Å²) in [5.41, 5.74) is 0.478. The summed E-state index contributed by atoms with van der Waals surface area (Å²) in [6, 6.07) is 4.91. The van der Waals surface area contributed by atoms with Crippen LogP contribution in [0.15, 0.2) is 22.7 Å². The lowest BCUT2D eigenvalue weighted by Gasteiger charge is -2.17. The Morgan fingerprint density at radius 2 is 2.11 bits per heavy atom. The van der Waals surface area contributed by atoms with Crippen LogP contribution in [0.5, 0.6) is 0 Å². The van der Waals surface area contributed by atoms with E-state index in [1.807, 2.05) is 6.92 Å². The molecular formula is C12H14BrClN2O2. The third-order valence-corrected chi connectivity index (χ3v) is 3.15. The van der Waals surface area contributed by atoms with Gasteiger partial charge in [0.25, 0.3) is 5.91 Å². The molecule has 4 nitrogen and oxygen atoms in total. The lowest BCUT2D eigenvalue weighted by atomic mass is 10.2. The highest BCUT2D eigenvalue weighted by atomic mass is 79.9. The maximum atomic E-state index is 12.1. The molecule has 1 rings (SSSR count). The van der Waals surface area contributed by atoms with Crippen molar-refractivity contribution in [1.82, 2.24) is 10.2 Å². The Labute approximate surface area is 119 Å². The van der Waals surface area contributed by atoms with E-state index in [1.165, 1.54) is 4.90 Å². The Bertz CT molecular complexity index is 465. The van der Waals surface area contributed by atoms with Crippen LogP contribution in [-0.2, 0) is 4.79 Å². The second kappa shape index (κ2) is 6.75. The van der Waals surface area contributed by atoms with E-state index in [-0.39, 0.29) is 18.4 Å². The first-order valence-electron chi connectivity index (χ1n) is 5.43. The molecule has 0 spiro atoms. The van der Waals surface area contributed by atoms with E-state index in [1.54, 1.807) is 25.2 Å². The number of carbonyl (C=O) groups is 2. The fourth-order valence-electron chi connectivity index (χ4n) is 1.41. The maximum Gasteiger partial charge on any atom is 0.255 e. The van der Waals surface area contributed by atoms with Gasteiger partial charge in [0.1, 0.15) is 0 Å². The maximum absolute atomic E-state index is 12.1. The fraction of sp³-hybridized carbons (Fsp3) is 0.333. The van der Waals surface area contributed by atoms with Gasteiger partial charge in [-0.25, -0.2) is 0 Å². The number of nitrogens with one attached hydrogen (secondary N) is 1. The van der Waals surface area contributed by atoms with Crippen molar-refractivity contribution in [2.45, 2.75) is 6.92 Å². The average Bonchev–Trinajstić information content (AvgIpc) is 2.28. The van der Waals surface area contributed by atoms with Crippen LogP contribution in [0.25, 0.3) is 0 Å². The number of rotatable bonds is 4. The normalized spacial score (nSPS) is 10.0. The lowest BCUT2D eigenvalue weighted by molar-refractivity contribution is -0.121. The molecule has 98 valence electrons. The van der Waals surface area contributed by atoms with Crippen molar-refractivity contribution in [1.29, 1.82) is 0 Å². The summed E-state index contributed by atoms with van der Waals surface area (Å²) in [6.07, 6.45) is 0. The second-order valence-corrected chi connectivity index (χ2v) is 5.03. The Morgan fingerprint density at radius 3 is 2.67 bits per heavy atom. The zero-order chi connectivity index (χ0) is 13.7. The van der Waals surface area contributed by atoms with E-state index in [4.69, 9.17) is 11.6 Å². The molecule has 0 saturated carbocycles. The van der Waals surface area contributed by atoms with Crippen LogP contribution in [0.3, 0.4) is 0 Å². The molecule has 0 heterocycles. The molecule has 0 aliphatic heterocycles. The van der Waals surface area contributed by atoms with Crippen LogP contribution >= 0.6 is 27.5 Å². The first-order valence-corrected chi connectivity index (χ1v) is 6.60. The van der Waals surface area contributed by atoms with Crippen LogP contribution in [0, 0.1) is 0 Å². The van der Waals surface area contributed by atoms with Crippen molar-refractivity contribution in [3.63, 3.8) is 0 Å². The number of hydrogen-bond donors (Lipinski definition) is 1. The molecule has 0 atom stereocenters. The van der Waals surface area contributed by atoms with Gasteiger partial charge in [-0.05, 0) is 41.1 Å². The molecule has 0 aromatic heterocycles. The predicted molar refractivity (Wildman–Crippen MR) is 74.8 cm³/mol. The van der Waals surface area contributed by atoms with Crippen LogP contribution < -0.4 is 5.32 Å². The number of hydrogen-bond acceptors (Lipinski definition) is 2. The molecule has 6 heteroatoms. The molecule has 1 aromatic carbocycles. The number of benzene rings is 1. The van der Waals surface area contributed by atoms with Gasteiger partial charge in [-0.3, -0.25) is 9.59 Å². The van der Waals surface area contributed by atoms with Crippen molar-refractivity contribution in [2.75, 3.05) is 20.1 Å². The molecule has 0 saturated heterocycles. The quantitative estimate of drug-likeness (QED) is 0.919. The Morgan fingerprint density at radius 1 is 1.44 bits per heavy atom. The van der Waals surface area contributed by atoms with E-state index >= 15 is 0 Å². The summed E-state index contributed by atoms with van der Waals surface area (Å²) in [5, 5.41) is 3.19. The van der Waals surface area contributed by atoms with Crippen molar-refractivity contribution in [3.05, 3.63) is 33.3 Å². The van der Waals surface area contributed by atoms with Crippen LogP contribution in [0.4, 0.5) is 0 Å². The van der Waals surface area contributed by atoms with Gasteiger partial charge >= 0.3 is 0 Å². The third-order valence-electron chi connectivity index (χ3n) is 2.26. The van der Waals surface area contributed by atoms with E-state index < -0.39 is 0 Å². The van der Waals surface area contributed by atoms with Gasteiger partial charge < -0.3 is 10.2 Å². The Kier molecular flexibility index (Phi) is 5.62. The highest BCUT2D eigenvalue weighted by molar-refractivity contribution is 9.10. The first kappa shape index (κ1) is 15.0. The molecular weight excluding hydrogens is 320 g/mol. The highest BCUT2D eigenvalue weighted by Gasteiger charge is 2.17. The lowest BCUT2D eigenvalue weighted by Crippen LogP contribution is -2.38. The van der Waals surface area contributed by atoms with Gasteiger partial charge in [0.2, 0.25) is 5.91 Å². The van der Waals surface area contributed by atoms with Crippen LogP contribution in [0.1, 0.15) is 17.3 Å². The van der Waals surface area contributed by atoms with Gasteiger partial charge in [-0.1, -0.05) is 11.6 Å². The monoisotopic (exact) mass is 332 g/mol. The van der Waals surface area contributed by atoms with Gasteiger partial charge in [0.05, 0.1) is 12.1 Å². The zero-order valence-electron chi connectivity index (χ0n) is 10.2. The molecule has 0 unspecified atom stereocenters. The minimum Gasteiger partial charge on any atom is -0.355 e. The summed E-state index contributed by atoms with van der Waals surface area (Å²) in [5.74, 6) is -0.414. The SMILES string of the molecule is CCNC(=O)CN(C)C(=O)c1ccc(Cl)cc1Br. The molecule has 0 aliphatic rings. The Balaban J connectivity index is 2.77. The molecule has 0 fully saturated rings. The molecule has 1 aromatic rings. The fourth-order valence-corrected chi connectivity index (χ4v) is 2.26. The molecule has 0 aliphatic carbocycles. The van der Waals surface area contributed by atoms with E-state index in [9.17, 15) is 9.59 Å².